The molecule has 0 aliphatic carbocycles. The molecule has 1 aliphatic rings. The molecule has 1 unspecified atom stereocenters. The van der Waals surface area contributed by atoms with Gasteiger partial charge in [-0.3, -0.25) is 0 Å². The van der Waals surface area contributed by atoms with Crippen LogP contribution >= 0.6 is 0 Å². The Labute approximate surface area is 90.6 Å². The third-order valence-corrected chi connectivity index (χ3v) is 2.69. The van der Waals surface area contributed by atoms with Gasteiger partial charge in [0.25, 0.3) is 0 Å². The Kier molecular flexibility index (Phi) is 2.40. The van der Waals surface area contributed by atoms with Crippen molar-refractivity contribution in [2.24, 2.45) is 4.99 Å². The van der Waals surface area contributed by atoms with Crippen molar-refractivity contribution in [1.29, 1.82) is 0 Å². The van der Waals surface area contributed by atoms with Crippen molar-refractivity contribution in [1.82, 2.24) is 0 Å². The molecule has 1 heterocycles. The molecule has 1 aromatic rings. The maximum absolute atomic E-state index is 11.7. The van der Waals surface area contributed by atoms with E-state index in [4.69, 9.17) is 0 Å². The van der Waals surface area contributed by atoms with Gasteiger partial charge in [-0.15, -0.1) is 0 Å². The number of rotatable bonds is 1. The third-order valence-electron chi connectivity index (χ3n) is 2.09. The number of anilines is 1. The molecule has 14 heavy (non-hydrogen) atoms. The third kappa shape index (κ3) is 1.47. The molecule has 1 aromatic carbocycles. The summed E-state index contributed by atoms with van der Waals surface area (Å²) >= 11 is 2.80. The summed E-state index contributed by atoms with van der Waals surface area (Å²) in [7, 11) is 0. The van der Waals surface area contributed by atoms with Gasteiger partial charge >= 0.3 is 90.3 Å². The van der Waals surface area contributed by atoms with Crippen LogP contribution in [0.4, 0.5) is 5.69 Å². The fraction of sp³-hybridized carbons (Fsp3) is 0.200. The first-order chi connectivity index (χ1) is 6.70. The Morgan fingerprint density at radius 1 is 1.36 bits per heavy atom. The van der Waals surface area contributed by atoms with Crippen LogP contribution in [0.25, 0.3) is 0 Å². The van der Waals surface area contributed by atoms with E-state index in [0.29, 0.717) is 4.73 Å². The molecule has 0 bridgehead atoms. The fourth-order valence-electron chi connectivity index (χ4n) is 1.37. The first-order valence-electron chi connectivity index (χ1n) is 4.34. The van der Waals surface area contributed by atoms with Crippen LogP contribution in [-0.4, -0.2) is 32.7 Å². The summed E-state index contributed by atoms with van der Waals surface area (Å²) in [5, 5.41) is 0. The molecule has 0 aromatic heterocycles. The van der Waals surface area contributed by atoms with Crippen molar-refractivity contribution in [3.8, 4) is 0 Å². The van der Waals surface area contributed by atoms with Gasteiger partial charge in [0.15, 0.2) is 0 Å². The van der Waals surface area contributed by atoms with Gasteiger partial charge in [-0.25, -0.2) is 0 Å². The summed E-state index contributed by atoms with van der Waals surface area (Å²) in [4.78, 5) is 17.5. The Hall–Kier alpha value is -1.12. The number of para-hydroxylation sites is 1. The first-order valence-corrected chi connectivity index (χ1v) is 5.19. The van der Waals surface area contributed by atoms with E-state index in [2.05, 4.69) is 21.0 Å². The topological polar surface area (TPSA) is 32.7 Å². The van der Waals surface area contributed by atoms with Gasteiger partial charge in [-0.1, -0.05) is 0 Å². The molecule has 0 saturated carbocycles. The van der Waals surface area contributed by atoms with E-state index in [0.717, 1.165) is 5.69 Å². The summed E-state index contributed by atoms with van der Waals surface area (Å²) in [6.07, 6.45) is 0. The van der Waals surface area contributed by atoms with Crippen molar-refractivity contribution in [3.63, 3.8) is 0 Å². The maximum atomic E-state index is 11.7. The minimum atomic E-state index is -0.272. The van der Waals surface area contributed by atoms with Crippen LogP contribution in [0.5, 0.6) is 0 Å². The van der Waals surface area contributed by atoms with Gasteiger partial charge in [0.1, 0.15) is 0 Å². The van der Waals surface area contributed by atoms with Crippen LogP contribution in [0, 0.1) is 0 Å². The van der Waals surface area contributed by atoms with Gasteiger partial charge in [0.05, 0.1) is 0 Å². The molecule has 1 radical (unpaired) electrons. The van der Waals surface area contributed by atoms with E-state index in [1.807, 2.05) is 30.3 Å². The number of carbonyl (C=O) groups is 1. The second-order valence-corrected chi connectivity index (χ2v) is 3.86. The normalized spacial score (nSPS) is 21.2. The summed E-state index contributed by atoms with van der Waals surface area (Å²) in [6.45, 7) is 1.79. The summed E-state index contributed by atoms with van der Waals surface area (Å²) < 4.78 is 0.647. The predicted octanol–water partition coefficient (Wildman–Crippen LogP) is 0.946. The number of amides is 1. The van der Waals surface area contributed by atoms with E-state index >= 15 is 0 Å². The zero-order valence-corrected chi connectivity index (χ0v) is 9.39. The molecule has 0 fully saturated rings. The number of benzene rings is 1. The van der Waals surface area contributed by atoms with E-state index in [1.54, 1.807) is 11.8 Å². The monoisotopic (exact) mass is 253 g/mol. The molecule has 0 spiro atoms. The van der Waals surface area contributed by atoms with E-state index < -0.39 is 0 Å². The average molecular weight is 252 g/mol. The minimum absolute atomic E-state index is 0.0185. The first kappa shape index (κ1) is 9.44. The number of amidine groups is 1. The molecular formula is C10H9N2OSe. The van der Waals surface area contributed by atoms with Crippen LogP contribution in [0.2, 0.25) is 0 Å². The number of nitrogens with zero attached hydrogens (tertiary/aromatic N) is 2. The molecule has 4 heteroatoms. The molecule has 1 amide bonds. The van der Waals surface area contributed by atoms with Crippen molar-refractivity contribution in [3.05, 3.63) is 30.3 Å². The van der Waals surface area contributed by atoms with Crippen LogP contribution in [0.3, 0.4) is 0 Å². The number of hydrogen-bond acceptors (Lipinski definition) is 2. The van der Waals surface area contributed by atoms with Gasteiger partial charge in [0.2, 0.25) is 0 Å². The molecule has 71 valence electrons. The van der Waals surface area contributed by atoms with Crippen molar-refractivity contribution in [2.45, 2.75) is 13.0 Å². The summed E-state index contributed by atoms with van der Waals surface area (Å²) in [6, 6.07) is 9.24. The summed E-state index contributed by atoms with van der Waals surface area (Å²) in [5.41, 5.74) is 0.861. The SMILES string of the molecule is CC1N=C([Se])N(c2ccccc2)C1=O. The zero-order valence-electron chi connectivity index (χ0n) is 7.68. The standard InChI is InChI=1S/C10H9N2OSe/c1-7-9(13)12(10(14)11-7)8-5-3-2-4-6-8/h2-7H,1H3. The van der Waals surface area contributed by atoms with Crippen LogP contribution in [0.1, 0.15) is 6.92 Å². The Balaban J connectivity index is 2.37. The van der Waals surface area contributed by atoms with Crippen LogP contribution in [-0.2, 0) is 4.79 Å². The molecule has 0 saturated heterocycles. The second kappa shape index (κ2) is 3.56. The molecule has 3 nitrogen and oxygen atoms in total. The van der Waals surface area contributed by atoms with Crippen LogP contribution < -0.4 is 4.90 Å². The Bertz CT molecular complexity index is 388. The van der Waals surface area contributed by atoms with Gasteiger partial charge in [-0.2, -0.15) is 0 Å². The quantitative estimate of drug-likeness (QED) is 0.685. The van der Waals surface area contributed by atoms with Gasteiger partial charge in [-0.05, 0) is 0 Å². The second-order valence-electron chi connectivity index (χ2n) is 3.10. The number of hydrogen-bond donors (Lipinski definition) is 0. The molecule has 0 N–H and O–H groups in total. The zero-order chi connectivity index (χ0) is 10.1. The predicted molar refractivity (Wildman–Crippen MR) is 56.6 cm³/mol. The number of carbonyl (C=O) groups excluding carboxylic acids is 1. The molecule has 2 rings (SSSR count). The van der Waals surface area contributed by atoms with Crippen molar-refractivity contribution in [2.75, 3.05) is 4.90 Å². The number of aliphatic imine (C=N–C) groups is 1. The Morgan fingerprint density at radius 3 is 2.50 bits per heavy atom. The van der Waals surface area contributed by atoms with Crippen LogP contribution in [0.15, 0.2) is 35.3 Å². The van der Waals surface area contributed by atoms with E-state index in [9.17, 15) is 4.79 Å². The molecule has 1 atom stereocenters. The van der Waals surface area contributed by atoms with E-state index in [-0.39, 0.29) is 11.9 Å². The average Bonchev–Trinajstić information content (AvgIpc) is 2.43. The molecular weight excluding hydrogens is 243 g/mol. The van der Waals surface area contributed by atoms with Gasteiger partial charge in [0, 0.05) is 0 Å². The van der Waals surface area contributed by atoms with Crippen molar-refractivity contribution >= 4 is 32.3 Å². The Morgan fingerprint density at radius 2 is 2.00 bits per heavy atom. The summed E-state index contributed by atoms with van der Waals surface area (Å²) in [5.74, 6) is 0.0185. The molecule has 1 aliphatic heterocycles. The van der Waals surface area contributed by atoms with Crippen molar-refractivity contribution < 1.29 is 4.79 Å². The van der Waals surface area contributed by atoms with Gasteiger partial charge < -0.3 is 0 Å². The van der Waals surface area contributed by atoms with E-state index in [1.165, 1.54) is 0 Å². The fourth-order valence-corrected chi connectivity index (χ4v) is 2.12.